The van der Waals surface area contributed by atoms with Gasteiger partial charge in [-0.05, 0) is 46.1 Å². The Hall–Kier alpha value is -2.96. The van der Waals surface area contributed by atoms with Gasteiger partial charge in [0.25, 0.3) is 5.56 Å². The fourth-order valence-electron chi connectivity index (χ4n) is 2.88. The zero-order valence-corrected chi connectivity index (χ0v) is 17.7. The lowest BCUT2D eigenvalue weighted by atomic mass is 9.95. The molecular formula is C22H29N3O4. The Morgan fingerprint density at radius 3 is 2.55 bits per heavy atom. The summed E-state index contributed by atoms with van der Waals surface area (Å²) in [6.07, 6.45) is 8.78. The minimum Gasteiger partial charge on any atom is -0.456 e. The van der Waals surface area contributed by atoms with Crippen LogP contribution in [0.25, 0.3) is 0 Å². The molecule has 1 atom stereocenters. The second kappa shape index (κ2) is 9.03. The summed E-state index contributed by atoms with van der Waals surface area (Å²) in [6, 6.07) is 2.55. The van der Waals surface area contributed by atoms with E-state index in [1.165, 1.54) is 29.3 Å². The van der Waals surface area contributed by atoms with Crippen molar-refractivity contribution in [3.8, 4) is 0 Å². The summed E-state index contributed by atoms with van der Waals surface area (Å²) in [6.45, 7) is 7.07. The third-order valence-electron chi connectivity index (χ3n) is 4.46. The largest absolute Gasteiger partial charge is 0.456 e. The molecule has 1 aliphatic rings. The van der Waals surface area contributed by atoms with Crippen LogP contribution in [0.4, 0.5) is 0 Å². The minimum absolute atomic E-state index is 0.0464. The number of carbonyl (C=O) groups is 1. The summed E-state index contributed by atoms with van der Waals surface area (Å²) in [5.41, 5.74) is 0.220. The van der Waals surface area contributed by atoms with Crippen molar-refractivity contribution < 1.29 is 14.3 Å². The van der Waals surface area contributed by atoms with Crippen molar-refractivity contribution in [3.05, 3.63) is 57.5 Å². The van der Waals surface area contributed by atoms with Gasteiger partial charge in [-0.2, -0.15) is 0 Å². The van der Waals surface area contributed by atoms with Gasteiger partial charge >= 0.3 is 5.97 Å². The zero-order valence-electron chi connectivity index (χ0n) is 17.7. The first-order chi connectivity index (χ1) is 13.5. The second-order valence-electron chi connectivity index (χ2n) is 8.22. The molecule has 1 unspecified atom stereocenters. The number of nitrogens with one attached hydrogen (secondary N) is 2. The lowest BCUT2D eigenvalue weighted by Crippen LogP contribution is -2.29. The summed E-state index contributed by atoms with van der Waals surface area (Å²) in [5.74, 6) is -1.27. The first-order valence-electron chi connectivity index (χ1n) is 9.62. The van der Waals surface area contributed by atoms with E-state index in [9.17, 15) is 9.59 Å². The molecule has 0 radical (unpaired) electrons. The van der Waals surface area contributed by atoms with Crippen molar-refractivity contribution in [1.29, 1.82) is 10.8 Å². The Labute approximate surface area is 171 Å². The van der Waals surface area contributed by atoms with Gasteiger partial charge in [0.05, 0.1) is 5.56 Å². The molecule has 156 valence electrons. The van der Waals surface area contributed by atoms with Crippen LogP contribution in [0.1, 0.15) is 63.0 Å². The van der Waals surface area contributed by atoms with E-state index < -0.39 is 17.1 Å². The predicted molar refractivity (Wildman–Crippen MR) is 113 cm³/mol. The lowest BCUT2D eigenvalue weighted by Gasteiger charge is -2.20. The molecule has 7 nitrogen and oxygen atoms in total. The summed E-state index contributed by atoms with van der Waals surface area (Å²) in [7, 11) is 1.49. The molecule has 0 spiro atoms. The van der Waals surface area contributed by atoms with Gasteiger partial charge in [-0.1, -0.05) is 30.7 Å². The first-order valence-corrected chi connectivity index (χ1v) is 9.62. The third-order valence-corrected chi connectivity index (χ3v) is 4.46. The molecule has 0 saturated heterocycles. The standard InChI is InChI=1S/C22H29N3O4/c1-14(11-15-9-7-6-8-10-15)19(23)28-20(24)17-12-16(13-18(26)25(17)5)21(27)29-22(2,3)4/h6-7,9,12-14,23-24H,8,10-11H2,1-5H3. The highest BCUT2D eigenvalue weighted by Crippen LogP contribution is 2.21. The molecule has 1 aromatic heterocycles. The quantitative estimate of drug-likeness (QED) is 0.444. The van der Waals surface area contributed by atoms with Gasteiger partial charge in [0.15, 0.2) is 5.90 Å². The van der Waals surface area contributed by atoms with E-state index in [-0.39, 0.29) is 29.0 Å². The molecule has 2 rings (SSSR count). The van der Waals surface area contributed by atoms with Crippen LogP contribution in [0.15, 0.2) is 40.7 Å². The highest BCUT2D eigenvalue weighted by atomic mass is 16.6. The van der Waals surface area contributed by atoms with Crippen molar-refractivity contribution in [1.82, 2.24) is 4.57 Å². The zero-order chi connectivity index (χ0) is 21.8. The number of nitrogens with zero attached hydrogens (tertiary/aromatic N) is 1. The topological polar surface area (TPSA) is 105 Å². The van der Waals surface area contributed by atoms with Crippen LogP contribution in [0.2, 0.25) is 0 Å². The fourth-order valence-corrected chi connectivity index (χ4v) is 2.88. The maximum absolute atomic E-state index is 12.3. The molecule has 7 heteroatoms. The Morgan fingerprint density at radius 1 is 1.28 bits per heavy atom. The average molecular weight is 399 g/mol. The number of hydrogen-bond acceptors (Lipinski definition) is 6. The van der Waals surface area contributed by atoms with E-state index in [2.05, 4.69) is 6.08 Å². The molecule has 2 N–H and O–H groups in total. The van der Waals surface area contributed by atoms with E-state index in [1.807, 2.05) is 19.1 Å². The number of esters is 1. The molecule has 0 aromatic carbocycles. The Bertz CT molecular complexity index is 932. The number of carbonyl (C=O) groups excluding carboxylic acids is 1. The summed E-state index contributed by atoms with van der Waals surface area (Å²) in [4.78, 5) is 24.6. The normalized spacial score (nSPS) is 14.7. The second-order valence-corrected chi connectivity index (χ2v) is 8.22. The molecular weight excluding hydrogens is 370 g/mol. The molecule has 1 aliphatic carbocycles. The predicted octanol–water partition coefficient (Wildman–Crippen LogP) is 3.96. The van der Waals surface area contributed by atoms with Gasteiger partial charge in [0.2, 0.25) is 5.90 Å². The monoisotopic (exact) mass is 399 g/mol. The van der Waals surface area contributed by atoms with E-state index in [0.29, 0.717) is 6.42 Å². The van der Waals surface area contributed by atoms with Crippen LogP contribution < -0.4 is 5.56 Å². The molecule has 1 aromatic rings. The third kappa shape index (κ3) is 6.27. The van der Waals surface area contributed by atoms with Crippen LogP contribution in [0.3, 0.4) is 0 Å². The summed E-state index contributed by atoms with van der Waals surface area (Å²) in [5, 5.41) is 16.4. The van der Waals surface area contributed by atoms with E-state index in [1.54, 1.807) is 20.8 Å². The van der Waals surface area contributed by atoms with Crippen molar-refractivity contribution in [2.45, 2.75) is 52.6 Å². The van der Waals surface area contributed by atoms with Crippen molar-refractivity contribution >= 4 is 17.8 Å². The number of hydrogen-bond donors (Lipinski definition) is 2. The molecule has 0 amide bonds. The van der Waals surface area contributed by atoms with Gasteiger partial charge in [-0.25, -0.2) is 4.79 Å². The highest BCUT2D eigenvalue weighted by Gasteiger charge is 2.22. The molecule has 0 saturated carbocycles. The van der Waals surface area contributed by atoms with Crippen LogP contribution in [0.5, 0.6) is 0 Å². The van der Waals surface area contributed by atoms with Crippen LogP contribution in [0, 0.1) is 16.7 Å². The number of rotatable bonds is 5. The van der Waals surface area contributed by atoms with Crippen LogP contribution in [-0.2, 0) is 16.5 Å². The lowest BCUT2D eigenvalue weighted by molar-refractivity contribution is 0.00691. The molecule has 0 aliphatic heterocycles. The SMILES string of the molecule is CC(CC1=CC=CCC1)C(=N)OC(=N)c1cc(C(=O)OC(C)(C)C)cc(=O)n1C. The van der Waals surface area contributed by atoms with Crippen molar-refractivity contribution in [2.24, 2.45) is 13.0 Å². The Kier molecular flexibility index (Phi) is 6.95. The maximum Gasteiger partial charge on any atom is 0.338 e. The van der Waals surface area contributed by atoms with E-state index in [4.69, 9.17) is 20.3 Å². The van der Waals surface area contributed by atoms with Gasteiger partial charge < -0.3 is 14.0 Å². The van der Waals surface area contributed by atoms with Crippen molar-refractivity contribution in [3.63, 3.8) is 0 Å². The first kappa shape index (κ1) is 22.3. The van der Waals surface area contributed by atoms with Gasteiger partial charge in [-0.3, -0.25) is 15.6 Å². The summed E-state index contributed by atoms with van der Waals surface area (Å²) < 4.78 is 11.9. The smallest absolute Gasteiger partial charge is 0.338 e. The van der Waals surface area contributed by atoms with Gasteiger partial charge in [0.1, 0.15) is 11.3 Å². The van der Waals surface area contributed by atoms with Gasteiger partial charge in [0, 0.05) is 19.0 Å². The van der Waals surface area contributed by atoms with Gasteiger partial charge in [-0.15, -0.1) is 0 Å². The highest BCUT2D eigenvalue weighted by molar-refractivity contribution is 6.00. The minimum atomic E-state index is -0.705. The average Bonchev–Trinajstić information content (AvgIpc) is 2.63. The number of allylic oxidation sites excluding steroid dienone is 4. The number of pyridine rings is 1. The Morgan fingerprint density at radius 2 is 1.97 bits per heavy atom. The van der Waals surface area contributed by atoms with E-state index >= 15 is 0 Å². The molecule has 0 bridgehead atoms. The van der Waals surface area contributed by atoms with Crippen LogP contribution in [-0.4, -0.2) is 27.9 Å². The van der Waals surface area contributed by atoms with Crippen molar-refractivity contribution in [2.75, 3.05) is 0 Å². The molecule has 29 heavy (non-hydrogen) atoms. The van der Waals surface area contributed by atoms with Crippen LogP contribution >= 0.6 is 0 Å². The number of ether oxygens (including phenoxy) is 2. The number of aromatic nitrogens is 1. The fraction of sp³-hybridized carbons (Fsp3) is 0.455. The molecule has 0 fully saturated rings. The summed E-state index contributed by atoms with van der Waals surface area (Å²) >= 11 is 0. The van der Waals surface area contributed by atoms with E-state index in [0.717, 1.165) is 12.8 Å². The molecule has 1 heterocycles. The Balaban J connectivity index is 2.16. The maximum atomic E-state index is 12.3.